The molecule has 2 aromatic heterocycles. The predicted molar refractivity (Wildman–Crippen MR) is 75.8 cm³/mol. The number of nitrogens with zero attached hydrogens (tertiary/aromatic N) is 2. The van der Waals surface area contributed by atoms with E-state index in [0.29, 0.717) is 22.6 Å². The molecule has 3 N–H and O–H groups in total. The minimum atomic E-state index is -0.576. The van der Waals surface area contributed by atoms with Gasteiger partial charge in [0.05, 0.1) is 5.69 Å². The molecule has 0 bridgehead atoms. The van der Waals surface area contributed by atoms with Gasteiger partial charge in [-0.15, -0.1) is 0 Å². The maximum Gasteiger partial charge on any atom is 0.270 e. The van der Waals surface area contributed by atoms with Crippen molar-refractivity contribution in [1.82, 2.24) is 15.0 Å². The molecule has 21 heavy (non-hydrogen) atoms. The number of aromatic amines is 1. The lowest BCUT2D eigenvalue weighted by atomic mass is 10.3. The first-order valence-electron chi connectivity index (χ1n) is 6.13. The number of fused-ring (bicyclic) bond motifs is 1. The maximum atomic E-state index is 13.4. The Balaban J connectivity index is 2.10. The first kappa shape index (κ1) is 13.0. The largest absolute Gasteiger partial charge is 0.455 e. The van der Waals surface area contributed by atoms with Gasteiger partial charge in [-0.2, -0.15) is 0 Å². The first-order valence-corrected chi connectivity index (χ1v) is 6.13. The third kappa shape index (κ3) is 2.40. The standard InChI is InChI=1S/C14H11FN4O2/c1-7-14(20)19-12-11(4-5-17-13(12)18-7)21-8-2-3-10(16)9(15)6-8/h2-6H,16H2,1H3,(H,19,20). The van der Waals surface area contributed by atoms with Gasteiger partial charge in [-0.25, -0.2) is 14.4 Å². The molecule has 0 saturated heterocycles. The topological polar surface area (TPSA) is 93.9 Å². The van der Waals surface area contributed by atoms with E-state index in [-0.39, 0.29) is 17.0 Å². The van der Waals surface area contributed by atoms with Crippen molar-refractivity contribution in [3.05, 3.63) is 52.3 Å². The van der Waals surface area contributed by atoms with Gasteiger partial charge in [0.15, 0.2) is 11.4 Å². The Hall–Kier alpha value is -2.96. The third-order valence-corrected chi connectivity index (χ3v) is 2.93. The summed E-state index contributed by atoms with van der Waals surface area (Å²) < 4.78 is 19.0. The second kappa shape index (κ2) is 4.86. The van der Waals surface area contributed by atoms with Gasteiger partial charge in [-0.3, -0.25) is 4.79 Å². The molecule has 0 radical (unpaired) electrons. The zero-order chi connectivity index (χ0) is 15.0. The smallest absolute Gasteiger partial charge is 0.270 e. The normalized spacial score (nSPS) is 10.8. The number of aromatic nitrogens is 3. The van der Waals surface area contributed by atoms with Crippen molar-refractivity contribution in [2.45, 2.75) is 6.92 Å². The number of nitrogens with one attached hydrogen (secondary N) is 1. The molecule has 106 valence electrons. The maximum absolute atomic E-state index is 13.4. The number of rotatable bonds is 2. The predicted octanol–water partition coefficient (Wildman–Crippen LogP) is 2.14. The van der Waals surface area contributed by atoms with E-state index in [0.717, 1.165) is 0 Å². The number of halogens is 1. The number of benzene rings is 1. The molecule has 0 amide bonds. The zero-order valence-corrected chi connectivity index (χ0v) is 11.1. The van der Waals surface area contributed by atoms with Gasteiger partial charge >= 0.3 is 0 Å². The number of H-pyrrole nitrogens is 1. The number of hydrogen-bond donors (Lipinski definition) is 2. The highest BCUT2D eigenvalue weighted by atomic mass is 19.1. The molecule has 1 aromatic carbocycles. The van der Waals surface area contributed by atoms with Crippen molar-refractivity contribution in [2.75, 3.05) is 5.73 Å². The Morgan fingerprint density at radius 2 is 2.14 bits per heavy atom. The average molecular weight is 286 g/mol. The second-order valence-corrected chi connectivity index (χ2v) is 4.44. The molecule has 3 aromatic rings. The van der Waals surface area contributed by atoms with E-state index < -0.39 is 5.82 Å². The molecule has 0 aliphatic carbocycles. The Kier molecular flexibility index (Phi) is 3.02. The third-order valence-electron chi connectivity index (χ3n) is 2.93. The van der Waals surface area contributed by atoms with Crippen LogP contribution >= 0.6 is 0 Å². The van der Waals surface area contributed by atoms with Gasteiger partial charge in [0, 0.05) is 18.3 Å². The summed E-state index contributed by atoms with van der Waals surface area (Å²) >= 11 is 0. The van der Waals surface area contributed by atoms with Crippen LogP contribution in [0.3, 0.4) is 0 Å². The molecular weight excluding hydrogens is 275 g/mol. The van der Waals surface area contributed by atoms with Crippen LogP contribution in [0.4, 0.5) is 10.1 Å². The van der Waals surface area contributed by atoms with Gasteiger partial charge in [-0.1, -0.05) is 0 Å². The molecule has 0 atom stereocenters. The minimum absolute atomic E-state index is 0.0348. The molecular formula is C14H11FN4O2. The van der Waals surface area contributed by atoms with Crippen LogP contribution in [0, 0.1) is 12.7 Å². The van der Waals surface area contributed by atoms with Crippen LogP contribution in [-0.4, -0.2) is 15.0 Å². The van der Waals surface area contributed by atoms with Crippen LogP contribution in [0.2, 0.25) is 0 Å². The number of nitrogens with two attached hydrogens (primary N) is 1. The fourth-order valence-electron chi connectivity index (χ4n) is 1.83. The Morgan fingerprint density at radius 3 is 2.90 bits per heavy atom. The highest BCUT2D eigenvalue weighted by molar-refractivity contribution is 5.77. The fourth-order valence-corrected chi connectivity index (χ4v) is 1.83. The van der Waals surface area contributed by atoms with Gasteiger partial charge in [0.1, 0.15) is 22.8 Å². The number of nitrogen functional groups attached to an aromatic ring is 1. The Morgan fingerprint density at radius 1 is 1.33 bits per heavy atom. The molecule has 2 heterocycles. The van der Waals surface area contributed by atoms with Crippen molar-refractivity contribution in [3.8, 4) is 11.5 Å². The van der Waals surface area contributed by atoms with Gasteiger partial charge in [-0.05, 0) is 19.1 Å². The van der Waals surface area contributed by atoms with Crippen molar-refractivity contribution in [2.24, 2.45) is 0 Å². The van der Waals surface area contributed by atoms with Gasteiger partial charge in [0.2, 0.25) is 0 Å². The minimum Gasteiger partial charge on any atom is -0.455 e. The molecule has 6 nitrogen and oxygen atoms in total. The van der Waals surface area contributed by atoms with Gasteiger partial charge in [0.25, 0.3) is 5.56 Å². The lowest BCUT2D eigenvalue weighted by Gasteiger charge is -2.08. The number of aryl methyl sites for hydroxylation is 1. The number of pyridine rings is 1. The van der Waals surface area contributed by atoms with E-state index >= 15 is 0 Å². The molecule has 3 rings (SSSR count). The van der Waals surface area contributed by atoms with Crippen molar-refractivity contribution < 1.29 is 9.13 Å². The average Bonchev–Trinajstić information content (AvgIpc) is 2.45. The SMILES string of the molecule is Cc1nc2nccc(Oc3ccc(N)c(F)c3)c2[nH]c1=O. The molecule has 0 saturated carbocycles. The highest BCUT2D eigenvalue weighted by Crippen LogP contribution is 2.27. The Bertz CT molecular complexity index is 892. The summed E-state index contributed by atoms with van der Waals surface area (Å²) in [4.78, 5) is 22.4. The van der Waals surface area contributed by atoms with Crippen molar-refractivity contribution in [3.63, 3.8) is 0 Å². The molecule has 0 aliphatic rings. The van der Waals surface area contributed by atoms with E-state index in [1.807, 2.05) is 0 Å². The van der Waals surface area contributed by atoms with Crippen LogP contribution in [-0.2, 0) is 0 Å². The van der Waals surface area contributed by atoms with Crippen molar-refractivity contribution in [1.29, 1.82) is 0 Å². The molecule has 0 unspecified atom stereocenters. The van der Waals surface area contributed by atoms with Crippen LogP contribution in [0.25, 0.3) is 11.2 Å². The van der Waals surface area contributed by atoms with E-state index in [2.05, 4.69) is 15.0 Å². The first-order chi connectivity index (χ1) is 10.0. The number of hydrogen-bond acceptors (Lipinski definition) is 5. The lowest BCUT2D eigenvalue weighted by molar-refractivity contribution is 0.480. The number of ether oxygens (including phenoxy) is 1. The summed E-state index contributed by atoms with van der Waals surface area (Å²) in [6, 6.07) is 5.66. The van der Waals surface area contributed by atoms with Crippen LogP contribution < -0.4 is 16.0 Å². The second-order valence-electron chi connectivity index (χ2n) is 4.44. The zero-order valence-electron chi connectivity index (χ0n) is 11.1. The van der Waals surface area contributed by atoms with E-state index in [9.17, 15) is 9.18 Å². The summed E-state index contributed by atoms with van der Waals surface area (Å²) in [5.41, 5.74) is 6.13. The number of anilines is 1. The Labute approximate surface area is 118 Å². The van der Waals surface area contributed by atoms with Crippen LogP contribution in [0.5, 0.6) is 11.5 Å². The monoisotopic (exact) mass is 286 g/mol. The molecule has 0 aliphatic heterocycles. The van der Waals surface area contributed by atoms with Gasteiger partial charge < -0.3 is 15.5 Å². The van der Waals surface area contributed by atoms with E-state index in [4.69, 9.17) is 10.5 Å². The van der Waals surface area contributed by atoms with Crippen LogP contribution in [0.1, 0.15) is 5.69 Å². The van der Waals surface area contributed by atoms with Crippen LogP contribution in [0.15, 0.2) is 35.3 Å². The molecule has 7 heteroatoms. The summed E-state index contributed by atoms with van der Waals surface area (Å²) in [7, 11) is 0. The quantitative estimate of drug-likeness (QED) is 0.704. The highest BCUT2D eigenvalue weighted by Gasteiger charge is 2.09. The summed E-state index contributed by atoms with van der Waals surface area (Å²) in [5, 5.41) is 0. The van der Waals surface area contributed by atoms with E-state index in [1.54, 1.807) is 13.0 Å². The van der Waals surface area contributed by atoms with Crippen molar-refractivity contribution >= 4 is 16.9 Å². The summed E-state index contributed by atoms with van der Waals surface area (Å²) in [6.45, 7) is 1.59. The summed E-state index contributed by atoms with van der Waals surface area (Å²) in [6.07, 6.45) is 1.50. The fraction of sp³-hybridized carbons (Fsp3) is 0.0714. The molecule has 0 fully saturated rings. The lowest BCUT2D eigenvalue weighted by Crippen LogP contribution is -2.12. The molecule has 0 spiro atoms. The van der Waals surface area contributed by atoms with E-state index in [1.165, 1.54) is 24.4 Å². The summed E-state index contributed by atoms with van der Waals surface area (Å²) in [5.74, 6) is 0.0118.